The number of ether oxygens (including phenoxy) is 1. The Balaban J connectivity index is 1.59. The van der Waals surface area contributed by atoms with E-state index in [-0.39, 0.29) is 11.9 Å². The van der Waals surface area contributed by atoms with E-state index in [0.717, 1.165) is 35.9 Å². The van der Waals surface area contributed by atoms with Crippen molar-refractivity contribution in [1.29, 1.82) is 0 Å². The summed E-state index contributed by atoms with van der Waals surface area (Å²) in [4.78, 5) is 14.9. The molecule has 0 unspecified atom stereocenters. The minimum atomic E-state index is 0.0627. The molecule has 3 rings (SSSR count). The molecule has 1 aromatic heterocycles. The first-order valence-electron chi connectivity index (χ1n) is 9.65. The molecule has 0 spiro atoms. The molecular formula is C21H29N3O3. The van der Waals surface area contributed by atoms with E-state index in [2.05, 4.69) is 27.5 Å². The molecule has 6 heteroatoms. The molecule has 1 aromatic carbocycles. The van der Waals surface area contributed by atoms with Crippen LogP contribution >= 0.6 is 0 Å². The quantitative estimate of drug-likeness (QED) is 0.772. The number of hydrogen-bond donors (Lipinski definition) is 1. The summed E-state index contributed by atoms with van der Waals surface area (Å²) in [5, 5.41) is 7.08. The lowest BCUT2D eigenvalue weighted by molar-refractivity contribution is -0.121. The summed E-state index contributed by atoms with van der Waals surface area (Å²) in [6, 6.07) is 8.35. The van der Waals surface area contributed by atoms with Crippen LogP contribution in [-0.2, 0) is 11.2 Å². The summed E-state index contributed by atoms with van der Waals surface area (Å²) in [5.41, 5.74) is 3.12. The topological polar surface area (TPSA) is 67.6 Å². The number of hydrogen-bond acceptors (Lipinski definition) is 5. The van der Waals surface area contributed by atoms with Gasteiger partial charge < -0.3 is 14.6 Å². The maximum Gasteiger partial charge on any atom is 0.220 e. The Hall–Kier alpha value is -2.34. The number of aryl methyl sites for hydroxylation is 2. The van der Waals surface area contributed by atoms with E-state index in [1.807, 2.05) is 26.0 Å². The molecule has 1 fully saturated rings. The second-order valence-corrected chi connectivity index (χ2v) is 7.14. The van der Waals surface area contributed by atoms with Gasteiger partial charge in [0.1, 0.15) is 11.5 Å². The first kappa shape index (κ1) is 19.4. The summed E-state index contributed by atoms with van der Waals surface area (Å²) in [7, 11) is 1.67. The number of likely N-dealkylation sites (tertiary alicyclic amines) is 1. The van der Waals surface area contributed by atoms with Crippen LogP contribution in [0, 0.1) is 13.8 Å². The Morgan fingerprint density at radius 3 is 2.56 bits per heavy atom. The average molecular weight is 371 g/mol. The first-order valence-corrected chi connectivity index (χ1v) is 9.65. The highest BCUT2D eigenvalue weighted by Gasteiger charge is 2.24. The van der Waals surface area contributed by atoms with Crippen molar-refractivity contribution in [2.45, 2.75) is 45.6 Å². The molecular weight excluding hydrogens is 342 g/mol. The van der Waals surface area contributed by atoms with Crippen molar-refractivity contribution in [2.24, 2.45) is 0 Å². The zero-order valence-electron chi connectivity index (χ0n) is 16.5. The third-order valence-electron chi connectivity index (χ3n) is 5.36. The number of nitrogens with one attached hydrogen (secondary N) is 1. The summed E-state index contributed by atoms with van der Waals surface area (Å²) in [5.74, 6) is 1.71. The number of methoxy groups -OCH3 is 1. The predicted octanol–water partition coefficient (Wildman–Crippen LogP) is 3.19. The normalized spacial score (nSPS) is 15.7. The van der Waals surface area contributed by atoms with E-state index in [1.54, 1.807) is 7.11 Å². The summed E-state index contributed by atoms with van der Waals surface area (Å²) in [6.45, 7) is 6.57. The molecule has 0 bridgehead atoms. The van der Waals surface area contributed by atoms with E-state index in [1.165, 1.54) is 18.4 Å². The van der Waals surface area contributed by atoms with Crippen molar-refractivity contribution >= 4 is 5.91 Å². The van der Waals surface area contributed by atoms with Gasteiger partial charge in [-0.25, -0.2) is 0 Å². The highest BCUT2D eigenvalue weighted by atomic mass is 16.5. The number of aromatic nitrogens is 1. The van der Waals surface area contributed by atoms with Crippen LogP contribution in [0.4, 0.5) is 0 Å². The van der Waals surface area contributed by atoms with E-state index >= 15 is 0 Å². The second kappa shape index (κ2) is 9.04. The molecule has 0 aliphatic carbocycles. The van der Waals surface area contributed by atoms with Gasteiger partial charge in [-0.1, -0.05) is 17.3 Å². The van der Waals surface area contributed by atoms with Crippen LogP contribution in [0.2, 0.25) is 0 Å². The average Bonchev–Trinajstić information content (AvgIpc) is 3.31. The zero-order valence-corrected chi connectivity index (χ0v) is 16.5. The number of carbonyl (C=O) groups is 1. The van der Waals surface area contributed by atoms with Gasteiger partial charge in [0.2, 0.25) is 5.91 Å². The lowest BCUT2D eigenvalue weighted by Gasteiger charge is -2.28. The lowest BCUT2D eigenvalue weighted by Crippen LogP contribution is -2.36. The number of nitrogens with zero attached hydrogens (tertiary/aromatic N) is 2. The molecule has 1 atom stereocenters. The molecule has 1 amide bonds. The van der Waals surface area contributed by atoms with Gasteiger partial charge in [-0.15, -0.1) is 0 Å². The van der Waals surface area contributed by atoms with Crippen molar-refractivity contribution < 1.29 is 14.1 Å². The maximum absolute atomic E-state index is 12.4. The van der Waals surface area contributed by atoms with Crippen molar-refractivity contribution in [3.8, 4) is 5.75 Å². The fourth-order valence-electron chi connectivity index (χ4n) is 3.73. The van der Waals surface area contributed by atoms with Gasteiger partial charge in [0.15, 0.2) is 0 Å². The fraction of sp³-hybridized carbons (Fsp3) is 0.524. The van der Waals surface area contributed by atoms with E-state index in [4.69, 9.17) is 9.26 Å². The SMILES string of the molecule is COc1ccc([C@@H](CNC(=O)CCc2c(C)noc2C)N2CCCC2)cc1. The minimum Gasteiger partial charge on any atom is -0.497 e. The van der Waals surface area contributed by atoms with E-state index in [9.17, 15) is 4.79 Å². The molecule has 1 aliphatic rings. The standard InChI is InChI=1S/C21H29N3O3/c1-15-19(16(2)27-23-15)10-11-21(25)22-14-20(24-12-4-5-13-24)17-6-8-18(26-3)9-7-17/h6-9,20H,4-5,10-14H2,1-3H3,(H,22,25)/t20-/m1/s1. The third-order valence-corrected chi connectivity index (χ3v) is 5.36. The molecule has 146 valence electrons. The van der Waals surface area contributed by atoms with Crippen molar-refractivity contribution in [2.75, 3.05) is 26.7 Å². The number of carbonyl (C=O) groups excluding carboxylic acids is 1. The lowest BCUT2D eigenvalue weighted by atomic mass is 10.0. The smallest absolute Gasteiger partial charge is 0.220 e. The van der Waals surface area contributed by atoms with Crippen LogP contribution < -0.4 is 10.1 Å². The molecule has 27 heavy (non-hydrogen) atoms. The van der Waals surface area contributed by atoms with Crippen molar-refractivity contribution in [1.82, 2.24) is 15.4 Å². The Kier molecular flexibility index (Phi) is 6.50. The molecule has 2 heterocycles. The number of amides is 1. The zero-order chi connectivity index (χ0) is 19.2. The van der Waals surface area contributed by atoms with E-state index < -0.39 is 0 Å². The maximum atomic E-state index is 12.4. The molecule has 0 radical (unpaired) electrons. The van der Waals surface area contributed by atoms with Crippen LogP contribution in [-0.4, -0.2) is 42.7 Å². The molecule has 2 aromatic rings. The van der Waals surface area contributed by atoms with Gasteiger partial charge in [-0.2, -0.15) is 0 Å². The second-order valence-electron chi connectivity index (χ2n) is 7.14. The molecule has 1 aliphatic heterocycles. The van der Waals surface area contributed by atoms with Crippen LogP contribution in [0.1, 0.15) is 47.9 Å². The summed E-state index contributed by atoms with van der Waals surface area (Å²) >= 11 is 0. The summed E-state index contributed by atoms with van der Waals surface area (Å²) in [6.07, 6.45) is 3.53. The Morgan fingerprint density at radius 1 is 1.26 bits per heavy atom. The summed E-state index contributed by atoms with van der Waals surface area (Å²) < 4.78 is 10.4. The first-order chi connectivity index (χ1) is 13.1. The molecule has 0 saturated carbocycles. The van der Waals surface area contributed by atoms with Gasteiger partial charge in [0, 0.05) is 18.5 Å². The molecule has 6 nitrogen and oxygen atoms in total. The number of benzene rings is 1. The Labute approximate surface area is 160 Å². The van der Waals surface area contributed by atoms with E-state index in [0.29, 0.717) is 19.4 Å². The van der Waals surface area contributed by atoms with Crippen LogP contribution in [0.5, 0.6) is 5.75 Å². The minimum absolute atomic E-state index is 0.0627. The highest BCUT2D eigenvalue weighted by molar-refractivity contribution is 5.76. The van der Waals surface area contributed by atoms with Crippen molar-refractivity contribution in [3.05, 3.63) is 46.8 Å². The monoisotopic (exact) mass is 371 g/mol. The molecule has 1 saturated heterocycles. The van der Waals surface area contributed by atoms with Crippen molar-refractivity contribution in [3.63, 3.8) is 0 Å². The van der Waals surface area contributed by atoms with Crippen LogP contribution in [0.3, 0.4) is 0 Å². The Bertz CT molecular complexity index is 729. The van der Waals surface area contributed by atoms with Crippen LogP contribution in [0.25, 0.3) is 0 Å². The highest BCUT2D eigenvalue weighted by Crippen LogP contribution is 2.26. The molecule has 1 N–H and O–H groups in total. The van der Waals surface area contributed by atoms with Gasteiger partial charge in [0.25, 0.3) is 0 Å². The largest absolute Gasteiger partial charge is 0.497 e. The van der Waals surface area contributed by atoms with Crippen LogP contribution in [0.15, 0.2) is 28.8 Å². The number of rotatable bonds is 8. The fourth-order valence-corrected chi connectivity index (χ4v) is 3.73. The third kappa shape index (κ3) is 4.89. The van der Waals surface area contributed by atoms with Gasteiger partial charge in [-0.3, -0.25) is 9.69 Å². The Morgan fingerprint density at radius 2 is 1.96 bits per heavy atom. The predicted molar refractivity (Wildman–Crippen MR) is 104 cm³/mol. The van der Waals surface area contributed by atoms with Gasteiger partial charge in [0.05, 0.1) is 18.8 Å². The van der Waals surface area contributed by atoms with Gasteiger partial charge in [-0.05, 0) is 63.9 Å². The van der Waals surface area contributed by atoms with Gasteiger partial charge >= 0.3 is 0 Å².